The molecule has 0 fully saturated rings. The molecule has 0 aliphatic heterocycles. The lowest BCUT2D eigenvalue weighted by Gasteiger charge is -2.06. The second-order valence-corrected chi connectivity index (χ2v) is 4.22. The number of nitrogens with one attached hydrogen (secondary N) is 1. The minimum Gasteiger partial charge on any atom is -0.346 e. The van der Waals surface area contributed by atoms with Crippen LogP contribution in [0.5, 0.6) is 0 Å². The van der Waals surface area contributed by atoms with Crippen LogP contribution in [0.1, 0.15) is 21.6 Å². The average Bonchev–Trinajstić information content (AvgIpc) is 2.88. The first-order valence-corrected chi connectivity index (χ1v) is 6.25. The Labute approximate surface area is 117 Å². The number of aryl methyl sites for hydroxylation is 1. The van der Waals surface area contributed by atoms with Crippen molar-refractivity contribution in [3.8, 4) is 11.8 Å². The Balaban J connectivity index is 2.04. The Morgan fingerprint density at radius 1 is 1.45 bits per heavy atom. The largest absolute Gasteiger partial charge is 0.346 e. The van der Waals surface area contributed by atoms with Crippen LogP contribution in [0.4, 0.5) is 0 Å². The number of rotatable bonds is 3. The number of benzene rings is 1. The third kappa shape index (κ3) is 3.46. The molecule has 2 rings (SSSR count). The zero-order chi connectivity index (χ0) is 14.4. The Hall–Kier alpha value is -2.58. The van der Waals surface area contributed by atoms with Gasteiger partial charge < -0.3 is 11.1 Å². The van der Waals surface area contributed by atoms with Gasteiger partial charge in [-0.15, -0.1) is 0 Å². The third-order valence-corrected chi connectivity index (χ3v) is 2.81. The molecular weight excluding hydrogens is 252 g/mol. The molecule has 102 valence electrons. The molecule has 1 amide bonds. The van der Waals surface area contributed by atoms with E-state index < -0.39 is 0 Å². The second-order valence-electron chi connectivity index (χ2n) is 4.22. The van der Waals surface area contributed by atoms with Crippen LogP contribution in [-0.4, -0.2) is 22.2 Å². The molecule has 0 aliphatic rings. The Morgan fingerprint density at radius 3 is 3.00 bits per heavy atom. The van der Waals surface area contributed by atoms with Gasteiger partial charge in [-0.1, -0.05) is 17.9 Å². The molecule has 0 spiro atoms. The van der Waals surface area contributed by atoms with Crippen LogP contribution in [0.25, 0.3) is 0 Å². The lowest BCUT2D eigenvalue weighted by Crippen LogP contribution is -2.24. The van der Waals surface area contributed by atoms with Crippen LogP contribution in [0.15, 0.2) is 36.5 Å². The van der Waals surface area contributed by atoms with Crippen LogP contribution >= 0.6 is 0 Å². The van der Waals surface area contributed by atoms with Crippen molar-refractivity contribution in [1.29, 1.82) is 0 Å². The molecule has 3 N–H and O–H groups in total. The molecule has 0 unspecified atom stereocenters. The van der Waals surface area contributed by atoms with Crippen molar-refractivity contribution in [3.63, 3.8) is 0 Å². The maximum absolute atomic E-state index is 12.1. The molecule has 1 heterocycles. The quantitative estimate of drug-likeness (QED) is 0.803. The number of hydrogen-bond acceptors (Lipinski definition) is 3. The number of aromatic nitrogens is 2. The van der Waals surface area contributed by atoms with Crippen LogP contribution in [0.2, 0.25) is 0 Å². The molecule has 0 radical (unpaired) electrons. The van der Waals surface area contributed by atoms with Crippen LogP contribution in [0.3, 0.4) is 0 Å². The first-order valence-electron chi connectivity index (χ1n) is 6.25. The smallest absolute Gasteiger partial charge is 0.251 e. The molecule has 0 bridgehead atoms. The first-order chi connectivity index (χ1) is 9.70. The lowest BCUT2D eigenvalue weighted by atomic mass is 10.1. The number of nitrogens with zero attached hydrogens (tertiary/aromatic N) is 2. The summed E-state index contributed by atoms with van der Waals surface area (Å²) in [4.78, 5) is 12.1. The van der Waals surface area contributed by atoms with Gasteiger partial charge in [0.1, 0.15) is 0 Å². The highest BCUT2D eigenvalue weighted by atomic mass is 16.1. The lowest BCUT2D eigenvalue weighted by molar-refractivity contribution is 0.0950. The van der Waals surface area contributed by atoms with E-state index in [9.17, 15) is 4.79 Å². The van der Waals surface area contributed by atoms with E-state index in [1.807, 2.05) is 19.2 Å². The Bertz CT molecular complexity index is 664. The van der Waals surface area contributed by atoms with Gasteiger partial charge in [-0.05, 0) is 24.3 Å². The van der Waals surface area contributed by atoms with Crippen molar-refractivity contribution in [2.24, 2.45) is 12.8 Å². The fraction of sp³-hybridized carbons (Fsp3) is 0.200. The van der Waals surface area contributed by atoms with E-state index in [2.05, 4.69) is 22.3 Å². The van der Waals surface area contributed by atoms with Gasteiger partial charge in [-0.2, -0.15) is 5.10 Å². The fourth-order valence-electron chi connectivity index (χ4n) is 1.74. The van der Waals surface area contributed by atoms with Gasteiger partial charge in [0, 0.05) is 24.4 Å². The van der Waals surface area contributed by atoms with Crippen molar-refractivity contribution in [1.82, 2.24) is 15.1 Å². The van der Waals surface area contributed by atoms with Gasteiger partial charge >= 0.3 is 0 Å². The summed E-state index contributed by atoms with van der Waals surface area (Å²) in [6.07, 6.45) is 1.70. The topological polar surface area (TPSA) is 72.9 Å². The van der Waals surface area contributed by atoms with E-state index in [-0.39, 0.29) is 5.91 Å². The molecule has 2 aromatic rings. The Kier molecular flexibility index (Phi) is 4.53. The summed E-state index contributed by atoms with van der Waals surface area (Å²) >= 11 is 0. The molecule has 0 saturated heterocycles. The van der Waals surface area contributed by atoms with Gasteiger partial charge in [0.15, 0.2) is 0 Å². The number of nitrogens with two attached hydrogens (primary N) is 1. The van der Waals surface area contributed by atoms with Crippen LogP contribution in [0, 0.1) is 11.8 Å². The highest BCUT2D eigenvalue weighted by Crippen LogP contribution is 2.05. The van der Waals surface area contributed by atoms with E-state index in [4.69, 9.17) is 5.73 Å². The van der Waals surface area contributed by atoms with Crippen molar-refractivity contribution >= 4 is 5.91 Å². The fourth-order valence-corrected chi connectivity index (χ4v) is 1.74. The predicted molar refractivity (Wildman–Crippen MR) is 76.8 cm³/mol. The summed E-state index contributed by atoms with van der Waals surface area (Å²) in [5.74, 6) is 5.54. The van der Waals surface area contributed by atoms with E-state index >= 15 is 0 Å². The summed E-state index contributed by atoms with van der Waals surface area (Å²) in [6, 6.07) is 9.02. The highest BCUT2D eigenvalue weighted by Gasteiger charge is 2.06. The standard InChI is InChI=1S/C15H16N4O/c1-19-14(7-9-18-19)11-17-15(20)13-6-2-4-12(10-13)5-3-8-16/h2,4,6-7,9-10H,8,11,16H2,1H3,(H,17,20). The van der Waals surface area contributed by atoms with Crippen molar-refractivity contribution < 1.29 is 4.79 Å². The molecule has 5 heteroatoms. The third-order valence-electron chi connectivity index (χ3n) is 2.81. The highest BCUT2D eigenvalue weighted by molar-refractivity contribution is 5.94. The molecule has 20 heavy (non-hydrogen) atoms. The Morgan fingerprint density at radius 2 is 2.30 bits per heavy atom. The summed E-state index contributed by atoms with van der Waals surface area (Å²) in [7, 11) is 1.84. The van der Waals surface area contributed by atoms with Gasteiger partial charge in [0.25, 0.3) is 5.91 Å². The summed E-state index contributed by atoms with van der Waals surface area (Å²) < 4.78 is 1.73. The summed E-state index contributed by atoms with van der Waals surface area (Å²) in [6.45, 7) is 0.741. The van der Waals surface area contributed by atoms with E-state index in [1.54, 1.807) is 29.1 Å². The van der Waals surface area contributed by atoms with Crippen molar-refractivity contribution in [2.45, 2.75) is 6.54 Å². The summed E-state index contributed by atoms with van der Waals surface area (Å²) in [5, 5.41) is 6.90. The minimum atomic E-state index is -0.136. The molecule has 0 aliphatic carbocycles. The molecule has 0 atom stereocenters. The van der Waals surface area contributed by atoms with Gasteiger partial charge in [0.2, 0.25) is 0 Å². The van der Waals surface area contributed by atoms with Crippen molar-refractivity contribution in [3.05, 3.63) is 53.3 Å². The van der Waals surface area contributed by atoms with Gasteiger partial charge in [-0.25, -0.2) is 0 Å². The van der Waals surface area contributed by atoms with Gasteiger partial charge in [0.05, 0.1) is 18.8 Å². The minimum absolute atomic E-state index is 0.136. The molecule has 1 aromatic carbocycles. The summed E-state index contributed by atoms with van der Waals surface area (Å²) in [5.41, 5.74) is 7.63. The number of carbonyl (C=O) groups excluding carboxylic acids is 1. The first kappa shape index (κ1) is 13.8. The van der Waals surface area contributed by atoms with Crippen LogP contribution < -0.4 is 11.1 Å². The monoisotopic (exact) mass is 268 g/mol. The number of carbonyl (C=O) groups is 1. The second kappa shape index (κ2) is 6.55. The number of amides is 1. The van der Waals surface area contributed by atoms with E-state index in [1.165, 1.54) is 0 Å². The van der Waals surface area contributed by atoms with Crippen LogP contribution in [-0.2, 0) is 13.6 Å². The average molecular weight is 268 g/mol. The maximum Gasteiger partial charge on any atom is 0.251 e. The zero-order valence-corrected chi connectivity index (χ0v) is 11.3. The maximum atomic E-state index is 12.1. The normalized spacial score (nSPS) is 9.70. The van der Waals surface area contributed by atoms with E-state index in [0.29, 0.717) is 18.7 Å². The predicted octanol–water partition coefficient (Wildman–Crippen LogP) is 0.660. The molecule has 0 saturated carbocycles. The van der Waals surface area contributed by atoms with Gasteiger partial charge in [-0.3, -0.25) is 9.48 Å². The molecular formula is C15H16N4O. The van der Waals surface area contributed by atoms with Crippen molar-refractivity contribution in [2.75, 3.05) is 6.54 Å². The SMILES string of the molecule is Cn1nccc1CNC(=O)c1cccc(C#CCN)c1. The number of hydrogen-bond donors (Lipinski definition) is 2. The molecule has 1 aromatic heterocycles. The molecule has 5 nitrogen and oxygen atoms in total. The zero-order valence-electron chi connectivity index (χ0n) is 11.3. The van der Waals surface area contributed by atoms with E-state index in [0.717, 1.165) is 11.3 Å².